The fraction of sp³-hybridized carbons (Fsp3) is 0.471. The summed E-state index contributed by atoms with van der Waals surface area (Å²) in [7, 11) is 1.65. The number of methoxy groups -OCH3 is 1. The van der Waals surface area contributed by atoms with Crippen LogP contribution in [0.4, 0.5) is 0 Å². The van der Waals surface area contributed by atoms with Gasteiger partial charge in [0.1, 0.15) is 12.0 Å². The lowest BCUT2D eigenvalue weighted by molar-refractivity contribution is -0.105. The summed E-state index contributed by atoms with van der Waals surface area (Å²) in [5.74, 6) is 0.837. The SMILES string of the molecule is CCCCCCC/C(C=O)=C\c1ccc(OC)cc1. The zero-order valence-electron chi connectivity index (χ0n) is 12.0. The molecule has 0 atom stereocenters. The van der Waals surface area contributed by atoms with Gasteiger partial charge in [-0.15, -0.1) is 0 Å². The van der Waals surface area contributed by atoms with Crippen molar-refractivity contribution < 1.29 is 9.53 Å². The molecule has 2 nitrogen and oxygen atoms in total. The molecule has 19 heavy (non-hydrogen) atoms. The van der Waals surface area contributed by atoms with Crippen LogP contribution in [-0.4, -0.2) is 13.4 Å². The number of benzene rings is 1. The fourth-order valence-corrected chi connectivity index (χ4v) is 2.01. The van der Waals surface area contributed by atoms with E-state index in [1.54, 1.807) is 7.11 Å². The number of carbonyl (C=O) groups excluding carboxylic acids is 1. The molecule has 0 radical (unpaired) electrons. The van der Waals surface area contributed by atoms with Crippen LogP contribution in [0.25, 0.3) is 6.08 Å². The van der Waals surface area contributed by atoms with Crippen molar-refractivity contribution in [2.24, 2.45) is 0 Å². The first kappa shape index (κ1) is 15.5. The Bertz CT molecular complexity index is 390. The number of allylic oxidation sites excluding steroid dienone is 1. The molecular formula is C17H24O2. The van der Waals surface area contributed by atoms with Crippen molar-refractivity contribution in [2.45, 2.75) is 45.4 Å². The Hall–Kier alpha value is -1.57. The second-order valence-electron chi connectivity index (χ2n) is 4.77. The van der Waals surface area contributed by atoms with E-state index in [-0.39, 0.29) is 0 Å². The molecule has 0 heterocycles. The summed E-state index contributed by atoms with van der Waals surface area (Å²) in [6, 6.07) is 7.77. The van der Waals surface area contributed by atoms with Crippen molar-refractivity contribution in [3.8, 4) is 5.75 Å². The monoisotopic (exact) mass is 260 g/mol. The van der Waals surface area contributed by atoms with E-state index in [9.17, 15) is 4.79 Å². The molecule has 0 N–H and O–H groups in total. The van der Waals surface area contributed by atoms with Crippen LogP contribution in [0, 0.1) is 0 Å². The van der Waals surface area contributed by atoms with Crippen LogP contribution in [0.3, 0.4) is 0 Å². The third-order valence-corrected chi connectivity index (χ3v) is 3.19. The van der Waals surface area contributed by atoms with Gasteiger partial charge in [0, 0.05) is 0 Å². The van der Waals surface area contributed by atoms with E-state index < -0.39 is 0 Å². The summed E-state index contributed by atoms with van der Waals surface area (Å²) < 4.78 is 5.11. The Kier molecular flexibility index (Phi) is 7.64. The van der Waals surface area contributed by atoms with Crippen LogP contribution in [0.2, 0.25) is 0 Å². The predicted molar refractivity (Wildman–Crippen MR) is 80.4 cm³/mol. The van der Waals surface area contributed by atoms with Crippen molar-refractivity contribution in [1.29, 1.82) is 0 Å². The van der Waals surface area contributed by atoms with Crippen LogP contribution >= 0.6 is 0 Å². The maximum Gasteiger partial charge on any atom is 0.146 e. The van der Waals surface area contributed by atoms with Crippen LogP contribution in [0.5, 0.6) is 5.75 Å². The summed E-state index contributed by atoms with van der Waals surface area (Å²) in [5.41, 5.74) is 1.93. The lowest BCUT2D eigenvalue weighted by atomic mass is 10.0. The summed E-state index contributed by atoms with van der Waals surface area (Å²) in [6.07, 6.45) is 9.93. The molecule has 0 spiro atoms. The largest absolute Gasteiger partial charge is 0.497 e. The van der Waals surface area contributed by atoms with Crippen molar-refractivity contribution in [3.63, 3.8) is 0 Å². The Morgan fingerprint density at radius 2 is 1.79 bits per heavy atom. The van der Waals surface area contributed by atoms with Crippen molar-refractivity contribution in [2.75, 3.05) is 7.11 Å². The highest BCUT2D eigenvalue weighted by molar-refractivity contribution is 5.81. The molecule has 0 unspecified atom stereocenters. The highest BCUT2D eigenvalue weighted by Crippen LogP contribution is 2.16. The van der Waals surface area contributed by atoms with Gasteiger partial charge in [0.25, 0.3) is 0 Å². The van der Waals surface area contributed by atoms with Crippen LogP contribution in [0.15, 0.2) is 29.8 Å². The molecular weight excluding hydrogens is 236 g/mol. The maximum absolute atomic E-state index is 11.1. The average molecular weight is 260 g/mol. The van der Waals surface area contributed by atoms with Crippen molar-refractivity contribution in [1.82, 2.24) is 0 Å². The molecule has 0 aliphatic rings. The molecule has 0 aliphatic heterocycles. The zero-order chi connectivity index (χ0) is 13.9. The molecule has 1 aromatic carbocycles. The molecule has 1 aromatic rings. The predicted octanol–water partition coefficient (Wildman–Crippen LogP) is 4.64. The van der Waals surface area contributed by atoms with E-state index in [4.69, 9.17) is 4.74 Å². The van der Waals surface area contributed by atoms with Gasteiger partial charge >= 0.3 is 0 Å². The molecule has 0 amide bonds. The number of ether oxygens (including phenoxy) is 1. The van der Waals surface area contributed by atoms with E-state index in [1.807, 2.05) is 30.3 Å². The standard InChI is InChI=1S/C17H24O2/c1-3-4-5-6-7-8-16(14-18)13-15-9-11-17(19-2)12-10-15/h9-14H,3-8H2,1-2H3/b16-13+. The molecule has 0 aliphatic carbocycles. The molecule has 0 aromatic heterocycles. The molecule has 2 heteroatoms. The van der Waals surface area contributed by atoms with Gasteiger partial charge in [0.15, 0.2) is 0 Å². The van der Waals surface area contributed by atoms with Gasteiger partial charge in [-0.05, 0) is 42.2 Å². The van der Waals surface area contributed by atoms with E-state index in [1.165, 1.54) is 25.7 Å². The molecule has 0 saturated carbocycles. The minimum absolute atomic E-state index is 0.837. The number of hydrogen-bond donors (Lipinski definition) is 0. The number of unbranched alkanes of at least 4 members (excludes halogenated alkanes) is 4. The fourth-order valence-electron chi connectivity index (χ4n) is 2.01. The van der Waals surface area contributed by atoms with Crippen molar-refractivity contribution >= 4 is 12.4 Å². The van der Waals surface area contributed by atoms with Gasteiger partial charge in [-0.25, -0.2) is 0 Å². The quantitative estimate of drug-likeness (QED) is 0.367. The molecule has 1 rings (SSSR count). The van der Waals surface area contributed by atoms with Crippen molar-refractivity contribution in [3.05, 3.63) is 35.4 Å². The topological polar surface area (TPSA) is 26.3 Å². The smallest absolute Gasteiger partial charge is 0.146 e. The first-order chi connectivity index (χ1) is 9.30. The summed E-state index contributed by atoms with van der Waals surface area (Å²) in [4.78, 5) is 11.1. The Labute approximate surface area is 116 Å². The highest BCUT2D eigenvalue weighted by atomic mass is 16.5. The summed E-state index contributed by atoms with van der Waals surface area (Å²) in [5, 5.41) is 0. The average Bonchev–Trinajstić information content (AvgIpc) is 2.46. The number of aldehydes is 1. The second kappa shape index (κ2) is 9.37. The molecule has 104 valence electrons. The second-order valence-corrected chi connectivity index (χ2v) is 4.77. The summed E-state index contributed by atoms with van der Waals surface area (Å²) >= 11 is 0. The van der Waals surface area contributed by atoms with E-state index in [0.717, 1.165) is 36.0 Å². The third-order valence-electron chi connectivity index (χ3n) is 3.19. The number of rotatable bonds is 9. The molecule has 0 saturated heterocycles. The minimum atomic E-state index is 0.837. The van der Waals surface area contributed by atoms with E-state index >= 15 is 0 Å². The maximum atomic E-state index is 11.1. The Balaban J connectivity index is 2.48. The van der Waals surface area contributed by atoms with Crippen LogP contribution in [0.1, 0.15) is 51.0 Å². The van der Waals surface area contributed by atoms with Gasteiger partial charge in [-0.2, -0.15) is 0 Å². The normalized spacial score (nSPS) is 11.4. The molecule has 0 fully saturated rings. The lowest BCUT2D eigenvalue weighted by Crippen LogP contribution is -1.87. The van der Waals surface area contributed by atoms with Crippen LogP contribution < -0.4 is 4.74 Å². The van der Waals surface area contributed by atoms with Gasteiger partial charge < -0.3 is 4.74 Å². The van der Waals surface area contributed by atoms with Gasteiger partial charge in [0.05, 0.1) is 7.11 Å². The van der Waals surface area contributed by atoms with E-state index in [2.05, 4.69) is 6.92 Å². The van der Waals surface area contributed by atoms with E-state index in [0.29, 0.717) is 0 Å². The first-order valence-electron chi connectivity index (χ1n) is 7.10. The lowest BCUT2D eigenvalue weighted by Gasteiger charge is -2.02. The Morgan fingerprint density at radius 3 is 2.37 bits per heavy atom. The number of hydrogen-bond acceptors (Lipinski definition) is 2. The van der Waals surface area contributed by atoms with Crippen LogP contribution in [-0.2, 0) is 4.79 Å². The Morgan fingerprint density at radius 1 is 1.11 bits per heavy atom. The zero-order valence-corrected chi connectivity index (χ0v) is 12.0. The van der Waals surface area contributed by atoms with Gasteiger partial charge in [-0.1, -0.05) is 44.7 Å². The van der Waals surface area contributed by atoms with Gasteiger partial charge in [-0.3, -0.25) is 4.79 Å². The minimum Gasteiger partial charge on any atom is -0.497 e. The summed E-state index contributed by atoms with van der Waals surface area (Å²) in [6.45, 7) is 2.21. The highest BCUT2D eigenvalue weighted by Gasteiger charge is 1.98. The first-order valence-corrected chi connectivity index (χ1v) is 7.10. The van der Waals surface area contributed by atoms with Gasteiger partial charge in [0.2, 0.25) is 0 Å². The third kappa shape index (κ3) is 6.23. The number of carbonyl (C=O) groups is 1. The molecule has 0 bridgehead atoms.